The van der Waals surface area contributed by atoms with Gasteiger partial charge in [0.1, 0.15) is 24.5 Å². The van der Waals surface area contributed by atoms with E-state index in [1.54, 1.807) is 6.33 Å². The van der Waals surface area contributed by atoms with Gasteiger partial charge in [-0.15, -0.1) is 0 Å². The number of nitrogen functional groups attached to an aromatic ring is 1. The molecule has 5 aromatic rings. The summed E-state index contributed by atoms with van der Waals surface area (Å²) in [5.41, 5.74) is 9.92. The maximum atomic E-state index is 6.04. The van der Waals surface area contributed by atoms with Gasteiger partial charge in [-0.05, 0) is 58.7 Å². The first-order valence-electron chi connectivity index (χ1n) is 10.7. The number of nitrogens with one attached hydrogen (secondary N) is 1. The monoisotopic (exact) mass is 420 g/mol. The molecule has 5 heteroatoms. The Morgan fingerprint density at radius 3 is 2.56 bits per heavy atom. The Hall–Kier alpha value is -4.12. The molecule has 158 valence electrons. The second kappa shape index (κ2) is 8.94. The molecular weight excluding hydrogens is 396 g/mol. The summed E-state index contributed by atoms with van der Waals surface area (Å²) < 4.78 is 6.04. The average Bonchev–Trinajstić information content (AvgIpc) is 2.84. The zero-order valence-corrected chi connectivity index (χ0v) is 17.7. The van der Waals surface area contributed by atoms with Crippen LogP contribution in [0, 0.1) is 0 Å². The van der Waals surface area contributed by atoms with Crippen LogP contribution in [0.1, 0.15) is 11.1 Å². The molecule has 0 spiro atoms. The van der Waals surface area contributed by atoms with Crippen LogP contribution in [0.3, 0.4) is 0 Å². The Balaban J connectivity index is 1.19. The van der Waals surface area contributed by atoms with Gasteiger partial charge in [-0.3, -0.25) is 0 Å². The van der Waals surface area contributed by atoms with Crippen molar-refractivity contribution in [2.45, 2.75) is 13.0 Å². The number of nitrogens with two attached hydrogens (primary N) is 1. The molecule has 0 amide bonds. The van der Waals surface area contributed by atoms with Crippen molar-refractivity contribution in [3.63, 3.8) is 0 Å². The van der Waals surface area contributed by atoms with E-state index in [0.29, 0.717) is 12.3 Å². The fraction of sp³-hybridized carbons (Fsp3) is 0.111. The number of rotatable bonds is 7. The predicted octanol–water partition coefficient (Wildman–Crippen LogP) is 5.60. The lowest BCUT2D eigenvalue weighted by Crippen LogP contribution is -2.07. The molecule has 0 saturated carbocycles. The molecule has 0 aliphatic heterocycles. The van der Waals surface area contributed by atoms with Gasteiger partial charge in [-0.2, -0.15) is 0 Å². The molecule has 0 unspecified atom stereocenters. The minimum Gasteiger partial charge on any atom is -0.489 e. The summed E-state index contributed by atoms with van der Waals surface area (Å²) >= 11 is 0. The maximum Gasteiger partial charge on any atom is 0.137 e. The van der Waals surface area contributed by atoms with Crippen LogP contribution < -0.4 is 15.8 Å². The fourth-order valence-corrected chi connectivity index (χ4v) is 3.87. The van der Waals surface area contributed by atoms with Gasteiger partial charge < -0.3 is 15.8 Å². The molecule has 0 atom stereocenters. The number of nitrogens with zero attached hydrogens (tertiary/aromatic N) is 2. The lowest BCUT2D eigenvalue weighted by Gasteiger charge is -2.11. The summed E-state index contributed by atoms with van der Waals surface area (Å²) in [7, 11) is 0. The number of hydrogen-bond donors (Lipinski definition) is 2. The van der Waals surface area contributed by atoms with Crippen LogP contribution >= 0.6 is 0 Å². The van der Waals surface area contributed by atoms with Gasteiger partial charge in [-0.1, -0.05) is 54.6 Å². The first-order valence-corrected chi connectivity index (χ1v) is 10.7. The van der Waals surface area contributed by atoms with Gasteiger partial charge in [0.25, 0.3) is 0 Å². The van der Waals surface area contributed by atoms with E-state index in [0.717, 1.165) is 35.4 Å². The molecule has 4 aromatic carbocycles. The predicted molar refractivity (Wildman–Crippen MR) is 131 cm³/mol. The standard InChI is InChI=1S/C27H24N4O/c28-22-10-13-26-25(16-22)27(31-18-30-26)29-15-14-19-8-11-23(12-9-19)32-17-21-6-3-5-20-4-1-2-7-24(20)21/h1-13,16,18H,14-15,17,28H2,(H,29,30,31). The molecule has 0 radical (unpaired) electrons. The Bertz CT molecular complexity index is 1360. The van der Waals surface area contributed by atoms with Crippen LogP contribution in [0.15, 0.2) is 91.3 Å². The van der Waals surface area contributed by atoms with E-state index in [1.807, 2.05) is 30.3 Å². The van der Waals surface area contributed by atoms with E-state index < -0.39 is 0 Å². The molecule has 0 fully saturated rings. The SMILES string of the molecule is Nc1ccc2ncnc(NCCc3ccc(OCc4cccc5ccccc45)cc3)c2c1. The zero-order chi connectivity index (χ0) is 21.8. The molecule has 3 N–H and O–H groups in total. The Morgan fingerprint density at radius 1 is 0.812 bits per heavy atom. The third-order valence-corrected chi connectivity index (χ3v) is 5.56. The Kier molecular flexibility index (Phi) is 5.54. The van der Waals surface area contributed by atoms with Crippen LogP contribution in [0.5, 0.6) is 5.75 Å². The highest BCUT2D eigenvalue weighted by Gasteiger charge is 2.05. The van der Waals surface area contributed by atoms with Crippen molar-refractivity contribution in [3.05, 3.63) is 102 Å². The third-order valence-electron chi connectivity index (χ3n) is 5.56. The van der Waals surface area contributed by atoms with Crippen molar-refractivity contribution in [3.8, 4) is 5.75 Å². The quantitative estimate of drug-likeness (QED) is 0.335. The first kappa shape index (κ1) is 19.8. The molecule has 5 nitrogen and oxygen atoms in total. The summed E-state index contributed by atoms with van der Waals surface area (Å²) in [6, 6.07) is 28.6. The molecular formula is C27H24N4O. The molecule has 0 saturated heterocycles. The van der Waals surface area contributed by atoms with Gasteiger partial charge in [0.2, 0.25) is 0 Å². The van der Waals surface area contributed by atoms with Crippen molar-refractivity contribution < 1.29 is 4.74 Å². The van der Waals surface area contributed by atoms with Crippen LogP contribution in [0.2, 0.25) is 0 Å². The van der Waals surface area contributed by atoms with E-state index in [2.05, 4.69) is 69.9 Å². The maximum absolute atomic E-state index is 6.04. The minimum absolute atomic E-state index is 0.548. The Morgan fingerprint density at radius 2 is 1.66 bits per heavy atom. The summed E-state index contributed by atoms with van der Waals surface area (Å²) in [5.74, 6) is 1.67. The lowest BCUT2D eigenvalue weighted by molar-refractivity contribution is 0.307. The van der Waals surface area contributed by atoms with Crippen molar-refractivity contribution in [2.24, 2.45) is 0 Å². The van der Waals surface area contributed by atoms with Gasteiger partial charge in [-0.25, -0.2) is 9.97 Å². The number of benzene rings is 4. The number of ether oxygens (including phenoxy) is 1. The highest BCUT2D eigenvalue weighted by Crippen LogP contribution is 2.23. The summed E-state index contributed by atoms with van der Waals surface area (Å²) in [6.45, 7) is 1.31. The molecule has 0 bridgehead atoms. The summed E-state index contributed by atoms with van der Waals surface area (Å²) in [5, 5.41) is 6.80. The second-order valence-electron chi connectivity index (χ2n) is 7.75. The number of hydrogen-bond acceptors (Lipinski definition) is 5. The van der Waals surface area contributed by atoms with Gasteiger partial charge in [0, 0.05) is 17.6 Å². The van der Waals surface area contributed by atoms with Crippen molar-refractivity contribution >= 4 is 33.2 Å². The third kappa shape index (κ3) is 4.32. The highest BCUT2D eigenvalue weighted by atomic mass is 16.5. The average molecular weight is 421 g/mol. The van der Waals surface area contributed by atoms with E-state index in [-0.39, 0.29) is 0 Å². The van der Waals surface area contributed by atoms with Crippen molar-refractivity contribution in [1.29, 1.82) is 0 Å². The lowest BCUT2D eigenvalue weighted by atomic mass is 10.1. The number of fused-ring (bicyclic) bond motifs is 2. The van der Waals surface area contributed by atoms with Gasteiger partial charge >= 0.3 is 0 Å². The van der Waals surface area contributed by atoms with E-state index >= 15 is 0 Å². The second-order valence-corrected chi connectivity index (χ2v) is 7.75. The molecule has 5 rings (SSSR count). The zero-order valence-electron chi connectivity index (χ0n) is 17.7. The van der Waals surface area contributed by atoms with Crippen molar-refractivity contribution in [2.75, 3.05) is 17.6 Å². The number of anilines is 2. The van der Waals surface area contributed by atoms with Crippen LogP contribution in [-0.4, -0.2) is 16.5 Å². The molecule has 1 heterocycles. The van der Waals surface area contributed by atoms with Gasteiger partial charge in [0.15, 0.2) is 0 Å². The highest BCUT2D eigenvalue weighted by molar-refractivity contribution is 5.91. The van der Waals surface area contributed by atoms with Crippen LogP contribution in [0.4, 0.5) is 11.5 Å². The van der Waals surface area contributed by atoms with Crippen LogP contribution in [-0.2, 0) is 13.0 Å². The largest absolute Gasteiger partial charge is 0.489 e. The van der Waals surface area contributed by atoms with E-state index in [4.69, 9.17) is 10.5 Å². The molecule has 0 aliphatic carbocycles. The summed E-state index contributed by atoms with van der Waals surface area (Å²) in [4.78, 5) is 8.66. The minimum atomic E-state index is 0.548. The van der Waals surface area contributed by atoms with E-state index in [9.17, 15) is 0 Å². The number of aromatic nitrogens is 2. The topological polar surface area (TPSA) is 73.1 Å². The first-order chi connectivity index (χ1) is 15.8. The molecule has 32 heavy (non-hydrogen) atoms. The smallest absolute Gasteiger partial charge is 0.137 e. The van der Waals surface area contributed by atoms with Gasteiger partial charge in [0.05, 0.1) is 5.52 Å². The Labute approximate surface area is 186 Å². The fourth-order valence-electron chi connectivity index (χ4n) is 3.87. The van der Waals surface area contributed by atoms with E-state index in [1.165, 1.54) is 21.9 Å². The van der Waals surface area contributed by atoms with Crippen LogP contribution in [0.25, 0.3) is 21.7 Å². The molecule has 0 aliphatic rings. The van der Waals surface area contributed by atoms with Crippen molar-refractivity contribution in [1.82, 2.24) is 9.97 Å². The summed E-state index contributed by atoms with van der Waals surface area (Å²) in [6.07, 6.45) is 2.44. The normalized spacial score (nSPS) is 11.0. The molecule has 1 aromatic heterocycles.